The van der Waals surface area contributed by atoms with E-state index in [1.54, 1.807) is 17.3 Å². The van der Waals surface area contributed by atoms with Crippen molar-refractivity contribution in [2.24, 2.45) is 5.73 Å². The van der Waals surface area contributed by atoms with Crippen molar-refractivity contribution >= 4 is 5.91 Å². The summed E-state index contributed by atoms with van der Waals surface area (Å²) in [5.41, 5.74) is 6.01. The molecule has 0 aliphatic carbocycles. The molecule has 0 radical (unpaired) electrons. The maximum Gasteiger partial charge on any atom is 0.237 e. The van der Waals surface area contributed by atoms with Gasteiger partial charge in [0, 0.05) is 18.4 Å². The number of methoxy groups -OCH3 is 1. The fraction of sp³-hybridized carbons (Fsp3) is 0.545. The van der Waals surface area contributed by atoms with Crippen molar-refractivity contribution in [3.8, 4) is 5.88 Å². The molecule has 0 saturated carbocycles. The minimum Gasteiger partial charge on any atom is -0.480 e. The SMILES string of the molecule is COc1nccnc1CN(C(=O)CN)C(C)C. The van der Waals surface area contributed by atoms with Crippen LogP contribution in [-0.2, 0) is 11.3 Å². The molecule has 1 heterocycles. The Hall–Kier alpha value is -1.69. The molecule has 0 atom stereocenters. The van der Waals surface area contributed by atoms with Gasteiger partial charge in [0.05, 0.1) is 20.2 Å². The Labute approximate surface area is 101 Å². The lowest BCUT2D eigenvalue weighted by Crippen LogP contribution is -2.40. The lowest BCUT2D eigenvalue weighted by molar-refractivity contribution is -0.132. The number of hydrogen-bond donors (Lipinski definition) is 1. The largest absolute Gasteiger partial charge is 0.480 e. The van der Waals surface area contributed by atoms with Crippen molar-refractivity contribution in [1.82, 2.24) is 14.9 Å². The molecule has 0 unspecified atom stereocenters. The molecule has 0 bridgehead atoms. The summed E-state index contributed by atoms with van der Waals surface area (Å²) < 4.78 is 5.10. The third-order valence-corrected chi connectivity index (χ3v) is 2.37. The van der Waals surface area contributed by atoms with Crippen molar-refractivity contribution in [2.45, 2.75) is 26.4 Å². The molecule has 1 aromatic rings. The van der Waals surface area contributed by atoms with E-state index in [9.17, 15) is 4.79 Å². The van der Waals surface area contributed by atoms with E-state index in [-0.39, 0.29) is 18.5 Å². The third-order valence-electron chi connectivity index (χ3n) is 2.37. The zero-order valence-electron chi connectivity index (χ0n) is 10.4. The molecule has 0 fully saturated rings. The van der Waals surface area contributed by atoms with Gasteiger partial charge >= 0.3 is 0 Å². The molecule has 0 aliphatic heterocycles. The van der Waals surface area contributed by atoms with Crippen LogP contribution < -0.4 is 10.5 Å². The molecule has 1 aromatic heterocycles. The molecule has 17 heavy (non-hydrogen) atoms. The highest BCUT2D eigenvalue weighted by molar-refractivity contribution is 5.78. The summed E-state index contributed by atoms with van der Waals surface area (Å²) in [6.07, 6.45) is 3.12. The van der Waals surface area contributed by atoms with Crippen LogP contribution in [0.5, 0.6) is 5.88 Å². The maximum atomic E-state index is 11.7. The predicted octanol–water partition coefficient (Wildman–Crippen LogP) is 0.181. The number of hydrogen-bond acceptors (Lipinski definition) is 5. The Morgan fingerprint density at radius 1 is 1.47 bits per heavy atom. The highest BCUT2D eigenvalue weighted by atomic mass is 16.5. The highest BCUT2D eigenvalue weighted by Gasteiger charge is 2.18. The number of amides is 1. The Morgan fingerprint density at radius 3 is 2.65 bits per heavy atom. The van der Waals surface area contributed by atoms with Crippen molar-refractivity contribution in [3.63, 3.8) is 0 Å². The topological polar surface area (TPSA) is 81.3 Å². The standard InChI is InChI=1S/C11H18N4O2/c1-8(2)15(10(16)6-12)7-9-11(17-3)14-5-4-13-9/h4-5,8H,6-7,12H2,1-3H3. The fourth-order valence-corrected chi connectivity index (χ4v) is 1.47. The molecular formula is C11H18N4O2. The van der Waals surface area contributed by atoms with Gasteiger partial charge < -0.3 is 15.4 Å². The minimum absolute atomic E-state index is 0.0131. The monoisotopic (exact) mass is 238 g/mol. The second kappa shape index (κ2) is 6.15. The van der Waals surface area contributed by atoms with E-state index in [2.05, 4.69) is 9.97 Å². The van der Waals surface area contributed by atoms with Crippen LogP contribution in [0.2, 0.25) is 0 Å². The first kappa shape index (κ1) is 13.4. The van der Waals surface area contributed by atoms with Crippen molar-refractivity contribution in [3.05, 3.63) is 18.1 Å². The van der Waals surface area contributed by atoms with Crippen LogP contribution in [0.15, 0.2) is 12.4 Å². The van der Waals surface area contributed by atoms with Crippen LogP contribution in [0, 0.1) is 0 Å². The molecule has 0 saturated heterocycles. The number of carbonyl (C=O) groups excluding carboxylic acids is 1. The van der Waals surface area contributed by atoms with Gasteiger partial charge in [-0.1, -0.05) is 0 Å². The van der Waals surface area contributed by atoms with Gasteiger partial charge in [-0.15, -0.1) is 0 Å². The smallest absolute Gasteiger partial charge is 0.237 e. The zero-order valence-corrected chi connectivity index (χ0v) is 10.4. The summed E-state index contributed by atoms with van der Waals surface area (Å²) in [4.78, 5) is 21.5. The average Bonchev–Trinajstić information content (AvgIpc) is 2.35. The van der Waals surface area contributed by atoms with Crippen LogP contribution in [0.25, 0.3) is 0 Å². The first-order valence-electron chi connectivity index (χ1n) is 5.43. The van der Waals surface area contributed by atoms with E-state index in [4.69, 9.17) is 10.5 Å². The molecule has 1 amide bonds. The summed E-state index contributed by atoms with van der Waals surface area (Å²) >= 11 is 0. The predicted molar refractivity (Wildman–Crippen MR) is 63.3 cm³/mol. The molecule has 94 valence electrons. The van der Waals surface area contributed by atoms with Gasteiger partial charge in [-0.25, -0.2) is 4.98 Å². The quantitative estimate of drug-likeness (QED) is 0.791. The molecule has 0 aromatic carbocycles. The fourth-order valence-electron chi connectivity index (χ4n) is 1.47. The normalized spacial score (nSPS) is 10.4. The highest BCUT2D eigenvalue weighted by Crippen LogP contribution is 2.14. The summed E-state index contributed by atoms with van der Waals surface area (Å²) in [5, 5.41) is 0. The third kappa shape index (κ3) is 3.39. The number of aromatic nitrogens is 2. The Bertz CT molecular complexity index is 381. The molecule has 6 heteroatoms. The van der Waals surface area contributed by atoms with E-state index in [1.807, 2.05) is 13.8 Å². The van der Waals surface area contributed by atoms with Gasteiger partial charge in [-0.2, -0.15) is 0 Å². The van der Waals surface area contributed by atoms with Crippen molar-refractivity contribution < 1.29 is 9.53 Å². The lowest BCUT2D eigenvalue weighted by Gasteiger charge is -2.26. The van der Waals surface area contributed by atoms with Crippen LogP contribution in [-0.4, -0.2) is 40.5 Å². The summed E-state index contributed by atoms with van der Waals surface area (Å²) in [5.74, 6) is 0.315. The van der Waals surface area contributed by atoms with Crippen molar-refractivity contribution in [1.29, 1.82) is 0 Å². The molecular weight excluding hydrogens is 220 g/mol. The second-order valence-electron chi connectivity index (χ2n) is 3.83. The molecule has 0 spiro atoms. The van der Waals surface area contributed by atoms with E-state index in [0.29, 0.717) is 18.1 Å². The van der Waals surface area contributed by atoms with Gasteiger partial charge in [-0.3, -0.25) is 9.78 Å². The minimum atomic E-state index is -0.118. The van der Waals surface area contributed by atoms with Gasteiger partial charge in [0.25, 0.3) is 0 Å². The maximum absolute atomic E-state index is 11.7. The Kier molecular flexibility index (Phi) is 4.84. The van der Waals surface area contributed by atoms with Crippen molar-refractivity contribution in [2.75, 3.05) is 13.7 Å². The number of carbonyl (C=O) groups is 1. The van der Waals surface area contributed by atoms with E-state index >= 15 is 0 Å². The summed E-state index contributed by atoms with van der Waals surface area (Å²) in [6, 6.07) is 0.0535. The van der Waals surface area contributed by atoms with Gasteiger partial charge in [-0.05, 0) is 13.8 Å². The first-order valence-corrected chi connectivity index (χ1v) is 5.43. The number of nitrogens with two attached hydrogens (primary N) is 1. The summed E-state index contributed by atoms with van der Waals surface area (Å²) in [6.45, 7) is 4.19. The van der Waals surface area contributed by atoms with Gasteiger partial charge in [0.15, 0.2) is 0 Å². The number of ether oxygens (including phenoxy) is 1. The van der Waals surface area contributed by atoms with E-state index < -0.39 is 0 Å². The van der Waals surface area contributed by atoms with Crippen LogP contribution in [0.3, 0.4) is 0 Å². The zero-order chi connectivity index (χ0) is 12.8. The second-order valence-corrected chi connectivity index (χ2v) is 3.83. The average molecular weight is 238 g/mol. The number of nitrogens with zero attached hydrogens (tertiary/aromatic N) is 3. The van der Waals surface area contributed by atoms with E-state index in [1.165, 1.54) is 7.11 Å². The Morgan fingerprint density at radius 2 is 2.12 bits per heavy atom. The van der Waals surface area contributed by atoms with Crippen LogP contribution in [0.1, 0.15) is 19.5 Å². The molecule has 2 N–H and O–H groups in total. The Balaban J connectivity index is 2.89. The van der Waals surface area contributed by atoms with Gasteiger partial charge in [0.2, 0.25) is 11.8 Å². The molecule has 6 nitrogen and oxygen atoms in total. The molecule has 0 aliphatic rings. The van der Waals surface area contributed by atoms with Gasteiger partial charge in [0.1, 0.15) is 5.69 Å². The van der Waals surface area contributed by atoms with Crippen LogP contribution >= 0.6 is 0 Å². The van der Waals surface area contributed by atoms with Crippen LogP contribution in [0.4, 0.5) is 0 Å². The van der Waals surface area contributed by atoms with E-state index in [0.717, 1.165) is 0 Å². The summed E-state index contributed by atoms with van der Waals surface area (Å²) in [7, 11) is 1.53. The lowest BCUT2D eigenvalue weighted by atomic mass is 10.2. The molecule has 1 rings (SSSR count). The first-order chi connectivity index (χ1) is 8.10. The number of rotatable bonds is 5.